The normalized spacial score (nSPS) is 10.9. The Bertz CT molecular complexity index is 1360. The van der Waals surface area contributed by atoms with Gasteiger partial charge in [0.2, 0.25) is 0 Å². The standard InChI is InChI=1S/C26H20N4O2/c31-26(32-18-20-15-28-30(17-20)16-19-6-2-1-3-7-19)23-14-25(21-10-12-27-13-11-21)29-24-9-5-4-8-22(23)24/h1-15,17H,16,18H2. The lowest BCUT2D eigenvalue weighted by Crippen LogP contribution is -2.07. The van der Waals surface area contributed by atoms with Gasteiger partial charge in [-0.1, -0.05) is 48.5 Å². The molecule has 0 atom stereocenters. The molecule has 0 bridgehead atoms. The highest BCUT2D eigenvalue weighted by atomic mass is 16.5. The number of hydrogen-bond donors (Lipinski definition) is 0. The SMILES string of the molecule is O=C(OCc1cnn(Cc2ccccc2)c1)c1cc(-c2ccncc2)nc2ccccc12. The highest BCUT2D eigenvalue weighted by Gasteiger charge is 2.16. The molecule has 0 amide bonds. The monoisotopic (exact) mass is 420 g/mol. The first-order chi connectivity index (χ1) is 15.8. The molecule has 0 aliphatic heterocycles. The number of esters is 1. The Hall–Kier alpha value is -4.32. The molecule has 5 aromatic rings. The molecule has 0 spiro atoms. The first kappa shape index (κ1) is 19.6. The van der Waals surface area contributed by atoms with Crippen molar-refractivity contribution in [2.75, 3.05) is 0 Å². The summed E-state index contributed by atoms with van der Waals surface area (Å²) in [5, 5.41) is 5.13. The van der Waals surface area contributed by atoms with Crippen molar-refractivity contribution >= 4 is 16.9 Å². The van der Waals surface area contributed by atoms with E-state index in [0.29, 0.717) is 17.8 Å². The molecule has 3 heterocycles. The third-order valence-corrected chi connectivity index (χ3v) is 5.16. The lowest BCUT2D eigenvalue weighted by Gasteiger charge is -2.10. The summed E-state index contributed by atoms with van der Waals surface area (Å²) >= 11 is 0. The summed E-state index contributed by atoms with van der Waals surface area (Å²) < 4.78 is 7.48. The number of para-hydroxylation sites is 1. The topological polar surface area (TPSA) is 69.9 Å². The number of ether oxygens (including phenoxy) is 1. The molecule has 0 fully saturated rings. The highest BCUT2D eigenvalue weighted by molar-refractivity contribution is 6.04. The summed E-state index contributed by atoms with van der Waals surface area (Å²) in [5.41, 5.74) is 4.81. The molecular formula is C26H20N4O2. The van der Waals surface area contributed by atoms with Gasteiger partial charge < -0.3 is 4.74 Å². The van der Waals surface area contributed by atoms with Crippen LogP contribution < -0.4 is 0 Å². The number of carbonyl (C=O) groups is 1. The van der Waals surface area contributed by atoms with Crippen molar-refractivity contribution in [2.24, 2.45) is 0 Å². The largest absolute Gasteiger partial charge is 0.457 e. The maximum atomic E-state index is 13.0. The van der Waals surface area contributed by atoms with Gasteiger partial charge in [-0.2, -0.15) is 5.10 Å². The minimum Gasteiger partial charge on any atom is -0.457 e. The molecule has 0 N–H and O–H groups in total. The van der Waals surface area contributed by atoms with Crippen LogP contribution >= 0.6 is 0 Å². The molecule has 6 heteroatoms. The molecule has 2 aromatic carbocycles. The average molecular weight is 420 g/mol. The van der Waals surface area contributed by atoms with E-state index in [1.54, 1.807) is 24.7 Å². The Morgan fingerprint density at radius 1 is 0.906 bits per heavy atom. The van der Waals surface area contributed by atoms with Crippen LogP contribution in [0.4, 0.5) is 0 Å². The maximum Gasteiger partial charge on any atom is 0.339 e. The smallest absolute Gasteiger partial charge is 0.339 e. The fourth-order valence-corrected chi connectivity index (χ4v) is 3.58. The van der Waals surface area contributed by atoms with Crippen molar-refractivity contribution in [3.63, 3.8) is 0 Å². The van der Waals surface area contributed by atoms with Gasteiger partial charge in [0.05, 0.1) is 29.5 Å². The molecule has 0 aliphatic carbocycles. The van der Waals surface area contributed by atoms with E-state index in [4.69, 9.17) is 9.72 Å². The fourth-order valence-electron chi connectivity index (χ4n) is 3.58. The van der Waals surface area contributed by atoms with Crippen LogP contribution in [0.2, 0.25) is 0 Å². The van der Waals surface area contributed by atoms with E-state index in [1.165, 1.54) is 0 Å². The molecule has 3 aromatic heterocycles. The predicted molar refractivity (Wildman–Crippen MR) is 122 cm³/mol. The molecule has 156 valence electrons. The summed E-state index contributed by atoms with van der Waals surface area (Å²) in [6.45, 7) is 0.813. The minimum atomic E-state index is -0.394. The van der Waals surface area contributed by atoms with E-state index < -0.39 is 5.97 Å². The summed E-state index contributed by atoms with van der Waals surface area (Å²) in [6.07, 6.45) is 7.03. The molecule has 0 saturated heterocycles. The Kier molecular flexibility index (Phi) is 5.41. The zero-order valence-electron chi connectivity index (χ0n) is 17.3. The van der Waals surface area contributed by atoms with Crippen LogP contribution in [0.25, 0.3) is 22.2 Å². The minimum absolute atomic E-state index is 0.148. The first-order valence-corrected chi connectivity index (χ1v) is 10.3. The second-order valence-electron chi connectivity index (χ2n) is 7.42. The van der Waals surface area contributed by atoms with Gasteiger partial charge in [-0.15, -0.1) is 0 Å². The molecule has 0 unspecified atom stereocenters. The first-order valence-electron chi connectivity index (χ1n) is 10.3. The van der Waals surface area contributed by atoms with Crippen LogP contribution in [0.3, 0.4) is 0 Å². The van der Waals surface area contributed by atoms with Crippen LogP contribution in [0.1, 0.15) is 21.5 Å². The van der Waals surface area contributed by atoms with E-state index in [1.807, 2.05) is 65.5 Å². The van der Waals surface area contributed by atoms with Crippen LogP contribution in [0.15, 0.2) is 97.6 Å². The molecule has 0 radical (unpaired) electrons. The van der Waals surface area contributed by atoms with E-state index in [0.717, 1.165) is 27.6 Å². The van der Waals surface area contributed by atoms with Gasteiger partial charge in [0.25, 0.3) is 0 Å². The molecule has 6 nitrogen and oxygen atoms in total. The predicted octanol–water partition coefficient (Wildman–Crippen LogP) is 4.90. The maximum absolute atomic E-state index is 13.0. The van der Waals surface area contributed by atoms with Crippen molar-refractivity contribution in [3.05, 3.63) is 114 Å². The number of benzene rings is 2. The Balaban J connectivity index is 1.36. The number of nitrogens with zero attached hydrogens (tertiary/aromatic N) is 4. The molecule has 0 aliphatic rings. The second-order valence-corrected chi connectivity index (χ2v) is 7.42. The molecule has 32 heavy (non-hydrogen) atoms. The lowest BCUT2D eigenvalue weighted by atomic mass is 10.0. The van der Waals surface area contributed by atoms with E-state index in [2.05, 4.69) is 22.2 Å². The molecule has 5 rings (SSSR count). The number of carbonyl (C=O) groups excluding carboxylic acids is 1. The van der Waals surface area contributed by atoms with Crippen molar-refractivity contribution in [1.82, 2.24) is 19.7 Å². The summed E-state index contributed by atoms with van der Waals surface area (Å²) in [7, 11) is 0. The zero-order chi connectivity index (χ0) is 21.8. The Morgan fingerprint density at radius 3 is 2.53 bits per heavy atom. The van der Waals surface area contributed by atoms with Gasteiger partial charge >= 0.3 is 5.97 Å². The number of fused-ring (bicyclic) bond motifs is 1. The number of hydrogen-bond acceptors (Lipinski definition) is 5. The highest BCUT2D eigenvalue weighted by Crippen LogP contribution is 2.25. The van der Waals surface area contributed by atoms with E-state index in [-0.39, 0.29) is 6.61 Å². The third-order valence-electron chi connectivity index (χ3n) is 5.16. The van der Waals surface area contributed by atoms with Gasteiger partial charge in [0.1, 0.15) is 6.61 Å². The summed E-state index contributed by atoms with van der Waals surface area (Å²) in [6, 6.07) is 23.2. The number of pyridine rings is 2. The zero-order valence-corrected chi connectivity index (χ0v) is 17.3. The number of aromatic nitrogens is 4. The van der Waals surface area contributed by atoms with E-state index in [9.17, 15) is 4.79 Å². The lowest BCUT2D eigenvalue weighted by molar-refractivity contribution is 0.0475. The van der Waals surface area contributed by atoms with Crippen LogP contribution in [-0.2, 0) is 17.9 Å². The van der Waals surface area contributed by atoms with Crippen LogP contribution in [-0.4, -0.2) is 25.7 Å². The third kappa shape index (κ3) is 4.25. The van der Waals surface area contributed by atoms with Crippen molar-refractivity contribution in [1.29, 1.82) is 0 Å². The van der Waals surface area contributed by atoms with Gasteiger partial charge in [-0.25, -0.2) is 9.78 Å². The average Bonchev–Trinajstić information content (AvgIpc) is 3.30. The van der Waals surface area contributed by atoms with Gasteiger partial charge in [0, 0.05) is 35.1 Å². The summed E-state index contributed by atoms with van der Waals surface area (Å²) in [5.74, 6) is -0.394. The summed E-state index contributed by atoms with van der Waals surface area (Å²) in [4.78, 5) is 21.8. The van der Waals surface area contributed by atoms with Crippen LogP contribution in [0, 0.1) is 0 Å². The van der Waals surface area contributed by atoms with E-state index >= 15 is 0 Å². The van der Waals surface area contributed by atoms with Crippen molar-refractivity contribution in [2.45, 2.75) is 13.2 Å². The van der Waals surface area contributed by atoms with Crippen molar-refractivity contribution in [3.8, 4) is 11.3 Å². The van der Waals surface area contributed by atoms with Crippen LogP contribution in [0.5, 0.6) is 0 Å². The second kappa shape index (κ2) is 8.81. The van der Waals surface area contributed by atoms with Crippen molar-refractivity contribution < 1.29 is 9.53 Å². The fraction of sp³-hybridized carbons (Fsp3) is 0.0769. The van der Waals surface area contributed by atoms with Gasteiger partial charge in [-0.3, -0.25) is 9.67 Å². The quantitative estimate of drug-likeness (QED) is 0.366. The number of rotatable bonds is 6. The molecular weight excluding hydrogens is 400 g/mol. The Morgan fingerprint density at radius 2 is 1.69 bits per heavy atom. The van der Waals surface area contributed by atoms with Gasteiger partial charge in [-0.05, 0) is 29.8 Å². The Labute approximate surface area is 185 Å². The van der Waals surface area contributed by atoms with Gasteiger partial charge in [0.15, 0.2) is 0 Å². The molecule has 0 saturated carbocycles.